The fourth-order valence-corrected chi connectivity index (χ4v) is 5.52. The second-order valence-electron chi connectivity index (χ2n) is 6.55. The normalized spacial score (nSPS) is 21.5. The van der Waals surface area contributed by atoms with E-state index < -0.39 is 15.9 Å². The Morgan fingerprint density at radius 1 is 1.12 bits per heavy atom. The third-order valence-electron chi connectivity index (χ3n) is 4.60. The van der Waals surface area contributed by atoms with E-state index >= 15 is 0 Å². The number of anilines is 1. The summed E-state index contributed by atoms with van der Waals surface area (Å²) < 4.78 is 33.2. The Bertz CT molecular complexity index is 882. The van der Waals surface area contributed by atoms with Crippen molar-refractivity contribution in [3.05, 3.63) is 46.8 Å². The Morgan fingerprint density at radius 2 is 1.73 bits per heavy atom. The number of halogens is 1. The number of carbonyl (C=O) groups excluding carboxylic acids is 1. The number of amides is 1. The van der Waals surface area contributed by atoms with Crippen LogP contribution in [0.4, 0.5) is 5.69 Å². The van der Waals surface area contributed by atoms with Crippen molar-refractivity contribution in [3.63, 3.8) is 0 Å². The summed E-state index contributed by atoms with van der Waals surface area (Å²) in [7, 11) is -3.56. The van der Waals surface area contributed by atoms with E-state index in [1.54, 1.807) is 28.6 Å². The zero-order valence-electron chi connectivity index (χ0n) is 14.6. The number of benzene rings is 1. The minimum Gasteiger partial charge on any atom is -0.444 e. The molecule has 0 saturated carbocycles. The standard InChI is InChI=1S/C18H21BrN2O4S/c1-12-4-3-5-13(2)21(12)26(23,24)15-8-6-14(7-9-15)20-18(22)16-10-11-17(19)25-16/h6-13H,3-5H2,1-2H3,(H,20,22). The lowest BCUT2D eigenvalue weighted by molar-refractivity contribution is 0.0995. The van der Waals surface area contributed by atoms with Crippen molar-refractivity contribution in [1.29, 1.82) is 0 Å². The van der Waals surface area contributed by atoms with Crippen LogP contribution in [0.1, 0.15) is 43.7 Å². The molecule has 1 aliphatic heterocycles. The van der Waals surface area contributed by atoms with Crippen molar-refractivity contribution in [2.75, 3.05) is 5.32 Å². The molecule has 2 unspecified atom stereocenters. The highest BCUT2D eigenvalue weighted by molar-refractivity contribution is 9.10. The summed E-state index contributed by atoms with van der Waals surface area (Å²) in [4.78, 5) is 12.3. The van der Waals surface area contributed by atoms with E-state index in [0.717, 1.165) is 19.3 Å². The van der Waals surface area contributed by atoms with Crippen LogP contribution in [0.3, 0.4) is 0 Å². The summed E-state index contributed by atoms with van der Waals surface area (Å²) in [5.74, 6) is -0.228. The van der Waals surface area contributed by atoms with E-state index in [2.05, 4.69) is 21.2 Å². The maximum Gasteiger partial charge on any atom is 0.291 e. The molecule has 0 bridgehead atoms. The van der Waals surface area contributed by atoms with E-state index in [-0.39, 0.29) is 22.7 Å². The monoisotopic (exact) mass is 440 g/mol. The van der Waals surface area contributed by atoms with Crippen LogP contribution in [-0.2, 0) is 10.0 Å². The van der Waals surface area contributed by atoms with Crippen LogP contribution >= 0.6 is 15.9 Å². The second-order valence-corrected chi connectivity index (χ2v) is 9.17. The van der Waals surface area contributed by atoms with E-state index in [1.807, 2.05) is 13.8 Å². The summed E-state index contributed by atoms with van der Waals surface area (Å²) in [5, 5.41) is 2.69. The van der Waals surface area contributed by atoms with Crippen molar-refractivity contribution >= 4 is 37.5 Å². The van der Waals surface area contributed by atoms with Crippen molar-refractivity contribution in [2.45, 2.75) is 50.1 Å². The molecule has 1 saturated heterocycles. The Balaban J connectivity index is 1.77. The van der Waals surface area contributed by atoms with Gasteiger partial charge in [-0.2, -0.15) is 4.31 Å². The minimum atomic E-state index is -3.56. The van der Waals surface area contributed by atoms with Crippen LogP contribution in [0.25, 0.3) is 0 Å². The number of carbonyl (C=O) groups is 1. The summed E-state index contributed by atoms with van der Waals surface area (Å²) in [6.07, 6.45) is 2.79. The van der Waals surface area contributed by atoms with Crippen LogP contribution in [0.5, 0.6) is 0 Å². The van der Waals surface area contributed by atoms with Gasteiger partial charge in [-0.05, 0) is 79.0 Å². The number of piperidine rings is 1. The Kier molecular flexibility index (Phi) is 5.55. The predicted molar refractivity (Wildman–Crippen MR) is 103 cm³/mol. The largest absolute Gasteiger partial charge is 0.444 e. The van der Waals surface area contributed by atoms with Crippen molar-refractivity contribution in [2.24, 2.45) is 0 Å². The Labute approximate surface area is 161 Å². The first-order valence-corrected chi connectivity index (χ1v) is 10.7. The van der Waals surface area contributed by atoms with Crippen molar-refractivity contribution in [3.8, 4) is 0 Å². The van der Waals surface area contributed by atoms with Gasteiger partial charge < -0.3 is 9.73 Å². The van der Waals surface area contributed by atoms with Crippen LogP contribution in [0.2, 0.25) is 0 Å². The molecular formula is C18H21BrN2O4S. The summed E-state index contributed by atoms with van der Waals surface area (Å²) in [6, 6.07) is 9.38. The maximum absolute atomic E-state index is 13.0. The third-order valence-corrected chi connectivity index (χ3v) is 7.17. The summed E-state index contributed by atoms with van der Waals surface area (Å²) in [6.45, 7) is 3.90. The van der Waals surface area contributed by atoms with E-state index in [4.69, 9.17) is 4.42 Å². The van der Waals surface area contributed by atoms with Gasteiger partial charge in [0.25, 0.3) is 5.91 Å². The summed E-state index contributed by atoms with van der Waals surface area (Å²) >= 11 is 3.15. The zero-order valence-corrected chi connectivity index (χ0v) is 17.0. The number of nitrogens with zero attached hydrogens (tertiary/aromatic N) is 1. The third kappa shape index (κ3) is 3.87. The number of sulfonamides is 1. The molecule has 1 fully saturated rings. The molecule has 26 heavy (non-hydrogen) atoms. The molecular weight excluding hydrogens is 420 g/mol. The fraction of sp³-hybridized carbons (Fsp3) is 0.389. The first-order chi connectivity index (χ1) is 12.3. The predicted octanol–water partition coefficient (Wildman–Crippen LogP) is 4.25. The molecule has 0 radical (unpaired) electrons. The van der Waals surface area contributed by atoms with Gasteiger partial charge in [0, 0.05) is 17.8 Å². The molecule has 2 atom stereocenters. The molecule has 2 aromatic rings. The minimum absolute atomic E-state index is 0.0134. The smallest absolute Gasteiger partial charge is 0.291 e. The average molecular weight is 441 g/mol. The highest BCUT2D eigenvalue weighted by atomic mass is 79.9. The number of furan rings is 1. The lowest BCUT2D eigenvalue weighted by Gasteiger charge is -2.37. The lowest BCUT2D eigenvalue weighted by atomic mass is 10.0. The van der Waals surface area contributed by atoms with Crippen LogP contribution in [-0.4, -0.2) is 30.7 Å². The first kappa shape index (κ1) is 19.1. The molecule has 8 heteroatoms. The molecule has 0 spiro atoms. The Hall–Kier alpha value is -1.64. The molecule has 1 aromatic carbocycles. The number of rotatable bonds is 4. The molecule has 1 aliphatic rings. The quantitative estimate of drug-likeness (QED) is 0.770. The number of hydrogen-bond acceptors (Lipinski definition) is 4. The molecule has 1 amide bonds. The van der Waals surface area contributed by atoms with Crippen LogP contribution < -0.4 is 5.32 Å². The van der Waals surface area contributed by atoms with Gasteiger partial charge in [-0.15, -0.1) is 0 Å². The van der Waals surface area contributed by atoms with E-state index in [1.165, 1.54) is 12.1 Å². The number of hydrogen-bond donors (Lipinski definition) is 1. The highest BCUT2D eigenvalue weighted by Crippen LogP contribution is 2.30. The van der Waals surface area contributed by atoms with Gasteiger partial charge in [-0.25, -0.2) is 8.42 Å². The van der Waals surface area contributed by atoms with Crippen molar-refractivity contribution < 1.29 is 17.6 Å². The molecule has 3 rings (SSSR count). The highest BCUT2D eigenvalue weighted by Gasteiger charge is 2.35. The van der Waals surface area contributed by atoms with Gasteiger partial charge in [0.15, 0.2) is 10.4 Å². The fourth-order valence-electron chi connectivity index (χ4n) is 3.33. The summed E-state index contributed by atoms with van der Waals surface area (Å²) in [5.41, 5.74) is 0.501. The average Bonchev–Trinajstić information content (AvgIpc) is 3.01. The van der Waals surface area contributed by atoms with Gasteiger partial charge >= 0.3 is 0 Å². The maximum atomic E-state index is 13.0. The second kappa shape index (κ2) is 7.54. The lowest BCUT2D eigenvalue weighted by Crippen LogP contribution is -2.47. The molecule has 140 valence electrons. The van der Waals surface area contributed by atoms with Gasteiger partial charge in [0.2, 0.25) is 10.0 Å². The van der Waals surface area contributed by atoms with Gasteiger partial charge in [-0.3, -0.25) is 4.79 Å². The molecule has 1 aromatic heterocycles. The Morgan fingerprint density at radius 3 is 2.27 bits per heavy atom. The molecule has 0 aliphatic carbocycles. The zero-order chi connectivity index (χ0) is 18.9. The molecule has 1 N–H and O–H groups in total. The molecule has 2 heterocycles. The topological polar surface area (TPSA) is 79.6 Å². The van der Waals surface area contributed by atoms with Crippen molar-refractivity contribution in [1.82, 2.24) is 4.31 Å². The van der Waals surface area contributed by atoms with Gasteiger partial charge in [0.1, 0.15) is 0 Å². The molecule has 6 nitrogen and oxygen atoms in total. The van der Waals surface area contributed by atoms with Crippen LogP contribution in [0.15, 0.2) is 50.4 Å². The SMILES string of the molecule is CC1CCCC(C)N1S(=O)(=O)c1ccc(NC(=O)c2ccc(Br)o2)cc1. The van der Waals surface area contributed by atoms with Gasteiger partial charge in [0.05, 0.1) is 4.90 Å². The van der Waals surface area contributed by atoms with E-state index in [0.29, 0.717) is 10.4 Å². The van der Waals surface area contributed by atoms with E-state index in [9.17, 15) is 13.2 Å². The first-order valence-electron chi connectivity index (χ1n) is 8.49. The number of nitrogens with one attached hydrogen (secondary N) is 1. The van der Waals surface area contributed by atoms with Crippen LogP contribution in [0, 0.1) is 0 Å². The van der Waals surface area contributed by atoms with Gasteiger partial charge in [-0.1, -0.05) is 6.42 Å².